The van der Waals surface area contributed by atoms with Crippen LogP contribution in [-0.2, 0) is 18.6 Å². The van der Waals surface area contributed by atoms with E-state index in [2.05, 4.69) is 0 Å². The molecule has 1 atom stereocenters. The predicted molar refractivity (Wildman–Crippen MR) is 74.2 cm³/mol. The van der Waals surface area contributed by atoms with Crippen LogP contribution in [0.1, 0.15) is 34.6 Å². The smallest absolute Gasteiger partial charge is 0.334 e. The SMILES string of the molecule is C/C=C(\CP(=O)(CC(C)C)OCC)C(=O)OCC. The van der Waals surface area contributed by atoms with Crippen molar-refractivity contribution in [1.82, 2.24) is 0 Å². The lowest BCUT2D eigenvalue weighted by atomic mass is 10.3. The number of esters is 1. The van der Waals surface area contributed by atoms with Gasteiger partial charge in [-0.3, -0.25) is 4.57 Å². The van der Waals surface area contributed by atoms with Gasteiger partial charge < -0.3 is 9.26 Å². The number of hydrogen-bond donors (Lipinski definition) is 0. The second-order valence-electron chi connectivity index (χ2n) is 4.50. The lowest BCUT2D eigenvalue weighted by Gasteiger charge is -2.20. The summed E-state index contributed by atoms with van der Waals surface area (Å²) in [4.78, 5) is 11.7. The molecule has 0 saturated carbocycles. The fourth-order valence-corrected chi connectivity index (χ4v) is 4.45. The molecule has 5 heteroatoms. The third kappa shape index (κ3) is 6.36. The van der Waals surface area contributed by atoms with Gasteiger partial charge in [0.15, 0.2) is 0 Å². The molecule has 1 unspecified atom stereocenters. The van der Waals surface area contributed by atoms with E-state index in [9.17, 15) is 9.36 Å². The van der Waals surface area contributed by atoms with Crippen LogP contribution in [0.2, 0.25) is 0 Å². The number of rotatable bonds is 8. The summed E-state index contributed by atoms with van der Waals surface area (Å²) in [7, 11) is -2.79. The van der Waals surface area contributed by atoms with Crippen molar-refractivity contribution < 1.29 is 18.6 Å². The minimum absolute atomic E-state index is 0.161. The second kappa shape index (κ2) is 8.49. The van der Waals surface area contributed by atoms with Crippen LogP contribution >= 0.6 is 7.37 Å². The maximum Gasteiger partial charge on any atom is 0.334 e. The minimum atomic E-state index is -2.79. The Bertz CT molecular complexity index is 334. The summed E-state index contributed by atoms with van der Waals surface area (Å²) in [6.07, 6.45) is 2.30. The Morgan fingerprint density at radius 2 is 1.89 bits per heavy atom. The first-order valence-electron chi connectivity index (χ1n) is 6.43. The van der Waals surface area contributed by atoms with E-state index in [-0.39, 0.29) is 12.1 Å². The summed E-state index contributed by atoms with van der Waals surface area (Å²) in [6, 6.07) is 0. The lowest BCUT2D eigenvalue weighted by Crippen LogP contribution is -2.14. The van der Waals surface area contributed by atoms with Gasteiger partial charge in [-0.15, -0.1) is 0 Å². The Morgan fingerprint density at radius 3 is 2.28 bits per heavy atom. The molecule has 0 N–H and O–H groups in total. The van der Waals surface area contributed by atoms with Gasteiger partial charge in [0.1, 0.15) is 0 Å². The second-order valence-corrected chi connectivity index (χ2v) is 7.07. The third-order valence-electron chi connectivity index (χ3n) is 2.31. The Hall–Kier alpha value is -0.600. The molecule has 0 aliphatic carbocycles. The molecule has 0 bridgehead atoms. The van der Waals surface area contributed by atoms with Crippen LogP contribution in [0.15, 0.2) is 11.6 Å². The van der Waals surface area contributed by atoms with Crippen molar-refractivity contribution in [2.45, 2.75) is 34.6 Å². The summed E-state index contributed by atoms with van der Waals surface area (Å²) in [6.45, 7) is 10.0. The van der Waals surface area contributed by atoms with Gasteiger partial charge in [0.05, 0.1) is 19.4 Å². The van der Waals surface area contributed by atoms with E-state index in [0.29, 0.717) is 24.9 Å². The van der Waals surface area contributed by atoms with Gasteiger partial charge in [0, 0.05) is 11.7 Å². The highest BCUT2D eigenvalue weighted by Crippen LogP contribution is 2.50. The van der Waals surface area contributed by atoms with E-state index in [4.69, 9.17) is 9.26 Å². The largest absolute Gasteiger partial charge is 0.463 e. The molecule has 0 aromatic carbocycles. The molecule has 4 nitrogen and oxygen atoms in total. The molecule has 106 valence electrons. The monoisotopic (exact) mass is 276 g/mol. The molecule has 0 amide bonds. The fraction of sp³-hybridized carbons (Fsp3) is 0.769. The van der Waals surface area contributed by atoms with Gasteiger partial charge >= 0.3 is 5.97 Å². The first-order valence-corrected chi connectivity index (χ1v) is 8.43. The molecular weight excluding hydrogens is 251 g/mol. The predicted octanol–water partition coefficient (Wildman–Crippen LogP) is 3.47. The average molecular weight is 276 g/mol. The molecule has 0 heterocycles. The summed E-state index contributed by atoms with van der Waals surface area (Å²) < 4.78 is 23.0. The molecule has 18 heavy (non-hydrogen) atoms. The van der Waals surface area contributed by atoms with Gasteiger partial charge in [0.2, 0.25) is 7.37 Å². The quantitative estimate of drug-likeness (QED) is 0.387. The van der Waals surface area contributed by atoms with Gasteiger partial charge in [-0.1, -0.05) is 19.9 Å². The molecule has 0 aliphatic rings. The van der Waals surface area contributed by atoms with Crippen molar-refractivity contribution in [3.8, 4) is 0 Å². The molecule has 0 radical (unpaired) electrons. The van der Waals surface area contributed by atoms with E-state index < -0.39 is 13.3 Å². The highest BCUT2D eigenvalue weighted by atomic mass is 31.2. The maximum absolute atomic E-state index is 12.6. The van der Waals surface area contributed by atoms with Crippen LogP contribution in [0.3, 0.4) is 0 Å². The van der Waals surface area contributed by atoms with Crippen molar-refractivity contribution in [2.24, 2.45) is 5.92 Å². The van der Waals surface area contributed by atoms with Gasteiger partial charge in [-0.2, -0.15) is 0 Å². The van der Waals surface area contributed by atoms with Crippen molar-refractivity contribution >= 4 is 13.3 Å². The van der Waals surface area contributed by atoms with Gasteiger partial charge in [-0.05, 0) is 26.7 Å². The van der Waals surface area contributed by atoms with Crippen LogP contribution in [-0.4, -0.2) is 31.5 Å². The van der Waals surface area contributed by atoms with Crippen LogP contribution in [0.25, 0.3) is 0 Å². The molecule has 0 fully saturated rings. The molecule has 0 aromatic heterocycles. The Kier molecular flexibility index (Phi) is 8.21. The van der Waals surface area contributed by atoms with Crippen LogP contribution in [0.5, 0.6) is 0 Å². The molecular formula is C13H25O4P. The summed E-state index contributed by atoms with van der Waals surface area (Å²) in [5, 5.41) is 0. The Labute approximate surface area is 110 Å². The van der Waals surface area contributed by atoms with E-state index in [1.807, 2.05) is 20.8 Å². The average Bonchev–Trinajstić information content (AvgIpc) is 2.25. The van der Waals surface area contributed by atoms with Crippen molar-refractivity contribution in [3.63, 3.8) is 0 Å². The van der Waals surface area contributed by atoms with Crippen LogP contribution in [0.4, 0.5) is 0 Å². The summed E-state index contributed by atoms with van der Waals surface area (Å²) >= 11 is 0. The molecule has 0 spiro atoms. The standard InChI is InChI=1S/C13H25O4P/c1-6-12(13(14)16-7-2)10-18(15,17-8-3)9-11(4)5/h6,11H,7-10H2,1-5H3/b12-6+. The van der Waals surface area contributed by atoms with E-state index in [1.165, 1.54) is 0 Å². The highest BCUT2D eigenvalue weighted by Gasteiger charge is 2.28. The van der Waals surface area contributed by atoms with Crippen molar-refractivity contribution in [3.05, 3.63) is 11.6 Å². The number of allylic oxidation sites excluding steroid dienone is 1. The fourth-order valence-electron chi connectivity index (χ4n) is 1.71. The summed E-state index contributed by atoms with van der Waals surface area (Å²) in [5.41, 5.74) is 0.439. The Balaban J connectivity index is 4.85. The molecule has 0 aromatic rings. The minimum Gasteiger partial charge on any atom is -0.463 e. The zero-order chi connectivity index (χ0) is 14.2. The zero-order valence-corrected chi connectivity index (χ0v) is 13.0. The van der Waals surface area contributed by atoms with E-state index in [1.54, 1.807) is 19.9 Å². The summed E-state index contributed by atoms with van der Waals surface area (Å²) in [5.74, 6) is -0.133. The first-order chi connectivity index (χ1) is 8.38. The number of carbonyl (C=O) groups is 1. The van der Waals surface area contributed by atoms with Crippen molar-refractivity contribution in [1.29, 1.82) is 0 Å². The van der Waals surface area contributed by atoms with Crippen LogP contribution < -0.4 is 0 Å². The number of carbonyl (C=O) groups excluding carboxylic acids is 1. The number of ether oxygens (including phenoxy) is 1. The van der Waals surface area contributed by atoms with Crippen LogP contribution in [0, 0.1) is 5.92 Å². The first kappa shape index (κ1) is 17.4. The lowest BCUT2D eigenvalue weighted by molar-refractivity contribution is -0.138. The van der Waals surface area contributed by atoms with E-state index in [0.717, 1.165) is 0 Å². The van der Waals surface area contributed by atoms with Crippen molar-refractivity contribution in [2.75, 3.05) is 25.5 Å². The molecule has 0 saturated heterocycles. The zero-order valence-electron chi connectivity index (χ0n) is 12.1. The topological polar surface area (TPSA) is 52.6 Å². The van der Waals surface area contributed by atoms with Gasteiger partial charge in [-0.25, -0.2) is 4.79 Å². The third-order valence-corrected chi connectivity index (χ3v) is 5.14. The number of hydrogen-bond acceptors (Lipinski definition) is 4. The normalized spacial score (nSPS) is 15.6. The van der Waals surface area contributed by atoms with Gasteiger partial charge in [0.25, 0.3) is 0 Å². The Morgan fingerprint density at radius 1 is 1.28 bits per heavy atom. The maximum atomic E-state index is 12.6. The highest BCUT2D eigenvalue weighted by molar-refractivity contribution is 7.59. The molecule has 0 rings (SSSR count). The van der Waals surface area contributed by atoms with E-state index >= 15 is 0 Å². The molecule has 0 aliphatic heterocycles.